The lowest BCUT2D eigenvalue weighted by Gasteiger charge is -2.09. The minimum absolute atomic E-state index is 0.0714. The largest absolute Gasteiger partial charge is 0.318 e. The number of nitrogens with zero attached hydrogens (tertiary/aromatic N) is 1. The molecule has 0 amide bonds. The van der Waals surface area contributed by atoms with Gasteiger partial charge in [0.05, 0.1) is 0 Å². The molecule has 1 heterocycles. The third-order valence-electron chi connectivity index (χ3n) is 2.70. The molecule has 0 radical (unpaired) electrons. The van der Waals surface area contributed by atoms with E-state index in [1.54, 1.807) is 31.2 Å². The molecule has 0 unspecified atom stereocenters. The summed E-state index contributed by atoms with van der Waals surface area (Å²) in [6, 6.07) is 8.76. The van der Waals surface area contributed by atoms with Gasteiger partial charge in [0.25, 0.3) is 9.62 Å². The van der Waals surface area contributed by atoms with E-state index in [0.29, 0.717) is 11.3 Å². The Labute approximate surface area is 130 Å². The van der Waals surface area contributed by atoms with Crippen LogP contribution in [0.4, 0.5) is 5.82 Å². The molecule has 0 aliphatic rings. The quantitative estimate of drug-likeness (QED) is 0.679. The van der Waals surface area contributed by atoms with Crippen LogP contribution in [-0.2, 0) is 3.79 Å². The zero-order chi connectivity index (χ0) is 14.9. The maximum Gasteiger partial charge on any atom is 0.288 e. The number of rotatable bonds is 2. The molecule has 0 aliphatic heterocycles. The highest BCUT2D eigenvalue weighted by atomic mass is 35.6. The highest BCUT2D eigenvalue weighted by Crippen LogP contribution is 2.35. The van der Waals surface area contributed by atoms with Gasteiger partial charge in [-0.05, 0) is 6.92 Å². The standard InChI is InChI=1S/C13H10Cl3N3O/c1-7-9(10(20)8-5-3-2-4-6-8)11(17)19-12(18-7)13(14,15)16/h2-6H,1H3,(H2,17,18,19)/p+1. The first-order chi connectivity index (χ1) is 9.30. The maximum absolute atomic E-state index is 12.4. The van der Waals surface area contributed by atoms with Crippen molar-refractivity contribution in [3.63, 3.8) is 0 Å². The Hall–Kier alpha value is -1.36. The number of aromatic amines is 1. The number of nitrogen functional groups attached to an aromatic ring is 1. The number of H-pyrrole nitrogens is 1. The monoisotopic (exact) mass is 330 g/mol. The molecule has 7 heteroatoms. The van der Waals surface area contributed by atoms with Crippen molar-refractivity contribution in [1.29, 1.82) is 0 Å². The minimum atomic E-state index is -1.73. The third kappa shape index (κ3) is 3.03. The number of nitrogens with one attached hydrogen (secondary N) is 1. The Morgan fingerprint density at radius 1 is 1.25 bits per heavy atom. The molecule has 2 rings (SSSR count). The lowest BCUT2D eigenvalue weighted by molar-refractivity contribution is -0.378. The summed E-state index contributed by atoms with van der Waals surface area (Å²) in [5.74, 6) is -0.0463. The Bertz CT molecular complexity index is 631. The molecule has 0 spiro atoms. The van der Waals surface area contributed by atoms with Crippen molar-refractivity contribution >= 4 is 46.4 Å². The van der Waals surface area contributed by atoms with Crippen molar-refractivity contribution < 1.29 is 9.78 Å². The average Bonchev–Trinajstić information content (AvgIpc) is 2.37. The highest BCUT2D eigenvalue weighted by Gasteiger charge is 2.34. The Morgan fingerprint density at radius 2 is 1.85 bits per heavy atom. The SMILES string of the molecule is Cc1nc(C(Cl)(Cl)Cl)[nH+]c(N)c1C(=O)c1ccccc1. The Morgan fingerprint density at radius 3 is 2.35 bits per heavy atom. The van der Waals surface area contributed by atoms with Gasteiger partial charge >= 0.3 is 0 Å². The van der Waals surface area contributed by atoms with Crippen LogP contribution in [0.2, 0.25) is 0 Å². The number of alkyl halides is 3. The van der Waals surface area contributed by atoms with Crippen molar-refractivity contribution in [2.75, 3.05) is 5.73 Å². The zero-order valence-corrected chi connectivity index (χ0v) is 12.7. The average molecular weight is 332 g/mol. The fraction of sp³-hybridized carbons (Fsp3) is 0.154. The van der Waals surface area contributed by atoms with Crippen molar-refractivity contribution in [3.05, 3.63) is 53.0 Å². The topological polar surface area (TPSA) is 70.1 Å². The second-order valence-corrected chi connectivity index (χ2v) is 6.43. The smallest absolute Gasteiger partial charge is 0.288 e. The summed E-state index contributed by atoms with van der Waals surface area (Å²) in [6.45, 7) is 1.64. The molecule has 0 bridgehead atoms. The maximum atomic E-state index is 12.4. The van der Waals surface area contributed by atoms with Crippen LogP contribution >= 0.6 is 34.8 Å². The van der Waals surface area contributed by atoms with E-state index >= 15 is 0 Å². The van der Waals surface area contributed by atoms with Crippen LogP contribution in [0.3, 0.4) is 0 Å². The Kier molecular flexibility index (Phi) is 4.18. The fourth-order valence-corrected chi connectivity index (χ4v) is 2.06. The molecule has 104 valence electrons. The summed E-state index contributed by atoms with van der Waals surface area (Å²) in [4.78, 5) is 19.2. The van der Waals surface area contributed by atoms with Gasteiger partial charge in [-0.2, -0.15) is 0 Å². The van der Waals surface area contributed by atoms with Crippen LogP contribution in [0.5, 0.6) is 0 Å². The first kappa shape index (κ1) is 15.0. The van der Waals surface area contributed by atoms with Crippen molar-refractivity contribution in [2.45, 2.75) is 10.7 Å². The summed E-state index contributed by atoms with van der Waals surface area (Å²) in [7, 11) is 0. The molecule has 0 fully saturated rings. The van der Waals surface area contributed by atoms with E-state index in [9.17, 15) is 4.79 Å². The molecule has 2 aromatic rings. The number of aryl methyl sites for hydroxylation is 1. The number of aromatic nitrogens is 2. The molecule has 4 nitrogen and oxygen atoms in total. The summed E-state index contributed by atoms with van der Waals surface area (Å²) < 4.78 is -1.73. The lowest BCUT2D eigenvalue weighted by atomic mass is 10.0. The van der Waals surface area contributed by atoms with E-state index in [2.05, 4.69) is 9.97 Å². The van der Waals surface area contributed by atoms with Crippen molar-refractivity contribution in [1.82, 2.24) is 4.98 Å². The van der Waals surface area contributed by atoms with E-state index in [4.69, 9.17) is 40.5 Å². The number of hydrogen-bond acceptors (Lipinski definition) is 3. The van der Waals surface area contributed by atoms with Crippen LogP contribution in [-0.4, -0.2) is 10.8 Å². The number of benzene rings is 1. The van der Waals surface area contributed by atoms with Crippen LogP contribution in [0.15, 0.2) is 30.3 Å². The van der Waals surface area contributed by atoms with Gasteiger partial charge in [0.2, 0.25) is 11.6 Å². The number of carbonyl (C=O) groups is 1. The minimum Gasteiger partial charge on any atom is -0.318 e. The van der Waals surface area contributed by atoms with Gasteiger partial charge in [-0.25, -0.2) is 4.98 Å². The summed E-state index contributed by atoms with van der Waals surface area (Å²) in [6.07, 6.45) is 0. The molecule has 0 atom stereocenters. The number of anilines is 1. The number of ketones is 1. The first-order valence-corrected chi connectivity index (χ1v) is 6.80. The number of carbonyl (C=O) groups excluding carboxylic acids is 1. The second-order valence-electron chi connectivity index (χ2n) is 4.15. The summed E-state index contributed by atoms with van der Waals surface area (Å²) in [5, 5.41) is 0. The molecule has 3 N–H and O–H groups in total. The van der Waals surface area contributed by atoms with E-state index in [1.165, 1.54) is 0 Å². The van der Waals surface area contributed by atoms with E-state index in [-0.39, 0.29) is 23.0 Å². The van der Waals surface area contributed by atoms with E-state index in [1.807, 2.05) is 6.07 Å². The van der Waals surface area contributed by atoms with Gasteiger partial charge in [0.1, 0.15) is 11.3 Å². The van der Waals surface area contributed by atoms with Crippen molar-refractivity contribution in [2.24, 2.45) is 0 Å². The number of halogens is 3. The van der Waals surface area contributed by atoms with Gasteiger partial charge < -0.3 is 5.73 Å². The molecular weight excluding hydrogens is 321 g/mol. The van der Waals surface area contributed by atoms with Crippen LogP contribution in [0, 0.1) is 6.92 Å². The first-order valence-electron chi connectivity index (χ1n) is 5.67. The van der Waals surface area contributed by atoms with Crippen molar-refractivity contribution in [3.8, 4) is 0 Å². The molecule has 0 saturated carbocycles. The van der Waals surface area contributed by atoms with Crippen LogP contribution in [0.25, 0.3) is 0 Å². The van der Waals surface area contributed by atoms with Crippen LogP contribution in [0.1, 0.15) is 27.4 Å². The molecule has 0 saturated heterocycles. The van der Waals surface area contributed by atoms with E-state index in [0.717, 1.165) is 0 Å². The number of nitrogens with two attached hydrogens (primary N) is 1. The lowest BCUT2D eigenvalue weighted by Crippen LogP contribution is -2.28. The van der Waals surface area contributed by atoms with Gasteiger partial charge in [0.15, 0.2) is 0 Å². The van der Waals surface area contributed by atoms with Crippen LogP contribution < -0.4 is 10.7 Å². The highest BCUT2D eigenvalue weighted by molar-refractivity contribution is 6.66. The summed E-state index contributed by atoms with van der Waals surface area (Å²) in [5.41, 5.74) is 7.05. The third-order valence-corrected chi connectivity index (χ3v) is 3.23. The molecule has 0 aliphatic carbocycles. The Balaban J connectivity index is 2.52. The van der Waals surface area contributed by atoms with E-state index < -0.39 is 3.79 Å². The summed E-state index contributed by atoms with van der Waals surface area (Å²) >= 11 is 17.2. The molecule has 1 aromatic carbocycles. The zero-order valence-electron chi connectivity index (χ0n) is 10.5. The van der Waals surface area contributed by atoms with Gasteiger partial charge in [-0.15, -0.1) is 4.98 Å². The predicted octanol–water partition coefficient (Wildman–Crippen LogP) is 2.84. The molecule has 1 aromatic heterocycles. The fourth-order valence-electron chi connectivity index (χ4n) is 1.79. The normalized spacial score (nSPS) is 11.4. The predicted molar refractivity (Wildman–Crippen MR) is 79.1 cm³/mol. The molecular formula is C13H11Cl3N3O+. The number of hydrogen-bond donors (Lipinski definition) is 1. The van der Waals surface area contributed by atoms with Gasteiger partial charge in [-0.3, -0.25) is 4.79 Å². The van der Waals surface area contributed by atoms with Gasteiger partial charge in [-0.1, -0.05) is 65.1 Å². The van der Waals surface area contributed by atoms with Gasteiger partial charge in [0, 0.05) is 5.56 Å². The second kappa shape index (κ2) is 5.56. The molecule has 20 heavy (non-hydrogen) atoms.